The monoisotopic (exact) mass is 559 g/mol. The third kappa shape index (κ3) is 8.35. The average molecular weight is 560 g/mol. The summed E-state index contributed by atoms with van der Waals surface area (Å²) in [4.78, 5) is 20.5. The first-order valence-electron chi connectivity index (χ1n) is 16.6. The fourth-order valence-electron chi connectivity index (χ4n) is 7.90. The number of nitrogens with zero attached hydrogens (tertiary/aromatic N) is 3. The van der Waals surface area contributed by atoms with Gasteiger partial charge in [-0.2, -0.15) is 0 Å². The van der Waals surface area contributed by atoms with Crippen LogP contribution in [-0.2, 0) is 11.3 Å². The Balaban J connectivity index is 1.16. The second-order valence-electron chi connectivity index (χ2n) is 13.1. The summed E-state index contributed by atoms with van der Waals surface area (Å²) in [6, 6.07) is 22.3. The van der Waals surface area contributed by atoms with Gasteiger partial charge in [-0.25, -0.2) is 4.79 Å². The van der Waals surface area contributed by atoms with Crippen LogP contribution in [-0.4, -0.2) is 72.6 Å². The fraction of sp³-hybridized carbons (Fsp3) is 0.639. The molecule has 41 heavy (non-hydrogen) atoms. The molecule has 5 heteroatoms. The van der Waals surface area contributed by atoms with Crippen LogP contribution in [0, 0.1) is 11.8 Å². The maximum Gasteiger partial charge on any atom is 0.410 e. The van der Waals surface area contributed by atoms with Crippen molar-refractivity contribution in [3.63, 3.8) is 0 Å². The summed E-state index contributed by atoms with van der Waals surface area (Å²) < 4.78 is 5.75. The number of rotatable bonds is 11. The number of hydrogen-bond donors (Lipinski definition) is 0. The molecule has 1 saturated heterocycles. The molecule has 0 bridgehead atoms. The van der Waals surface area contributed by atoms with E-state index in [-0.39, 0.29) is 12.1 Å². The number of piperidine rings is 1. The van der Waals surface area contributed by atoms with Crippen LogP contribution in [0.25, 0.3) is 0 Å². The van der Waals surface area contributed by atoms with Crippen molar-refractivity contribution in [1.29, 1.82) is 0 Å². The molecule has 3 atom stereocenters. The van der Waals surface area contributed by atoms with Gasteiger partial charge in [0.1, 0.15) is 6.61 Å². The third-order valence-corrected chi connectivity index (χ3v) is 10.2. The van der Waals surface area contributed by atoms with E-state index in [9.17, 15) is 4.79 Å². The highest BCUT2D eigenvalue weighted by Crippen LogP contribution is 2.43. The predicted molar refractivity (Wildman–Crippen MR) is 168 cm³/mol. The zero-order chi connectivity index (χ0) is 28.4. The highest BCUT2D eigenvalue weighted by molar-refractivity contribution is 5.68. The zero-order valence-electron chi connectivity index (χ0n) is 25.6. The molecule has 5 nitrogen and oxygen atoms in total. The summed E-state index contributed by atoms with van der Waals surface area (Å²) >= 11 is 0. The fourth-order valence-corrected chi connectivity index (χ4v) is 7.90. The van der Waals surface area contributed by atoms with Crippen LogP contribution >= 0.6 is 0 Å². The van der Waals surface area contributed by atoms with E-state index in [1.165, 1.54) is 63.6 Å². The van der Waals surface area contributed by atoms with Crippen molar-refractivity contribution >= 4 is 6.09 Å². The van der Waals surface area contributed by atoms with Crippen LogP contribution in [0.2, 0.25) is 0 Å². The van der Waals surface area contributed by atoms with Gasteiger partial charge in [-0.1, -0.05) is 86.8 Å². The summed E-state index contributed by atoms with van der Waals surface area (Å²) in [7, 11) is 2.40. The molecule has 1 aliphatic heterocycles. The van der Waals surface area contributed by atoms with Crippen LogP contribution in [0.4, 0.5) is 4.79 Å². The Morgan fingerprint density at radius 2 is 1.56 bits per heavy atom. The Bertz CT molecular complexity index is 1030. The number of benzene rings is 2. The van der Waals surface area contributed by atoms with Crippen molar-refractivity contribution in [2.75, 3.05) is 39.8 Å². The Labute approximate surface area is 249 Å². The molecular formula is C36H53N3O2. The lowest BCUT2D eigenvalue weighted by Crippen LogP contribution is -2.48. The Morgan fingerprint density at radius 1 is 0.878 bits per heavy atom. The van der Waals surface area contributed by atoms with Crippen LogP contribution in [0.3, 0.4) is 0 Å². The summed E-state index contributed by atoms with van der Waals surface area (Å²) in [5.41, 5.74) is 2.57. The average Bonchev–Trinajstić information content (AvgIpc) is 3.44. The van der Waals surface area contributed by atoms with E-state index >= 15 is 0 Å². The lowest BCUT2D eigenvalue weighted by atomic mass is 9.88. The Kier molecular flexibility index (Phi) is 11.2. The largest absolute Gasteiger partial charge is 0.445 e. The smallest absolute Gasteiger partial charge is 0.410 e. The molecule has 3 aliphatic rings. The molecule has 2 saturated carbocycles. The first kappa shape index (κ1) is 30.1. The van der Waals surface area contributed by atoms with Crippen LogP contribution in [0.1, 0.15) is 88.2 Å². The molecule has 0 N–H and O–H groups in total. The number of likely N-dealkylation sites (tertiary alicyclic amines) is 1. The third-order valence-electron chi connectivity index (χ3n) is 10.2. The van der Waals surface area contributed by atoms with E-state index in [0.29, 0.717) is 24.5 Å². The lowest BCUT2D eigenvalue weighted by molar-refractivity contribution is 0.0576. The standard InChI is InChI=1S/C36H53N3O2/c1-3-21-39(36(40)41-28-30-15-9-5-10-16-30)33-19-22-38(23-20-33)27-32-24-34(25-35(32)31-17-11-6-12-18-31)37(2)26-29-13-7-4-8-14-29/h5-6,9-12,15-18,29,32-35H,3-4,7-8,13-14,19-28H2,1-2H3. The molecule has 0 spiro atoms. The van der Waals surface area contributed by atoms with Gasteiger partial charge in [-0.3, -0.25) is 0 Å². The second kappa shape index (κ2) is 15.2. The lowest BCUT2D eigenvalue weighted by Gasteiger charge is -2.39. The van der Waals surface area contributed by atoms with Crippen LogP contribution in [0.15, 0.2) is 60.7 Å². The second-order valence-corrected chi connectivity index (χ2v) is 13.1. The number of hydrogen-bond acceptors (Lipinski definition) is 4. The van der Waals surface area contributed by atoms with E-state index in [1.807, 2.05) is 35.2 Å². The SMILES string of the molecule is CCCN(C(=O)OCc1ccccc1)C1CCN(CC2CC(N(C)CC3CCCCC3)CC2c2ccccc2)CC1. The summed E-state index contributed by atoms with van der Waals surface area (Å²) in [5, 5.41) is 0. The topological polar surface area (TPSA) is 36.0 Å². The zero-order valence-corrected chi connectivity index (χ0v) is 25.6. The van der Waals surface area contributed by atoms with Gasteiger partial charge >= 0.3 is 6.09 Å². The molecule has 2 aliphatic carbocycles. The quantitative estimate of drug-likeness (QED) is 0.284. The van der Waals surface area contributed by atoms with Crippen molar-refractivity contribution in [3.05, 3.63) is 71.8 Å². The highest BCUT2D eigenvalue weighted by Gasteiger charge is 2.39. The summed E-state index contributed by atoms with van der Waals surface area (Å²) in [6.45, 7) is 7.85. The van der Waals surface area contributed by atoms with Gasteiger partial charge in [0.2, 0.25) is 0 Å². The molecule has 5 rings (SSSR count). The van der Waals surface area contributed by atoms with E-state index < -0.39 is 0 Å². The number of ether oxygens (including phenoxy) is 1. The van der Waals surface area contributed by atoms with Gasteiger partial charge in [0.05, 0.1) is 0 Å². The maximum absolute atomic E-state index is 13.1. The molecule has 1 amide bonds. The van der Waals surface area contributed by atoms with Crippen molar-refractivity contribution in [2.24, 2.45) is 11.8 Å². The summed E-state index contributed by atoms with van der Waals surface area (Å²) in [6.07, 6.45) is 12.6. The minimum absolute atomic E-state index is 0.155. The van der Waals surface area contributed by atoms with E-state index in [1.54, 1.807) is 0 Å². The van der Waals surface area contributed by atoms with Gasteiger partial charge in [-0.05, 0) is 80.9 Å². The first-order valence-corrected chi connectivity index (χ1v) is 16.6. The van der Waals surface area contributed by atoms with Crippen LogP contribution < -0.4 is 0 Å². The Morgan fingerprint density at radius 3 is 2.24 bits per heavy atom. The summed E-state index contributed by atoms with van der Waals surface area (Å²) in [5.74, 6) is 2.22. The normalized spacial score (nSPS) is 24.5. The van der Waals surface area contributed by atoms with E-state index in [2.05, 4.69) is 54.1 Å². The van der Waals surface area contributed by atoms with Gasteiger partial charge in [0.25, 0.3) is 0 Å². The molecule has 1 heterocycles. The highest BCUT2D eigenvalue weighted by atomic mass is 16.6. The van der Waals surface area contributed by atoms with Gasteiger partial charge in [-0.15, -0.1) is 0 Å². The van der Waals surface area contributed by atoms with Gasteiger partial charge in [0.15, 0.2) is 0 Å². The molecule has 2 aromatic rings. The molecule has 0 aromatic heterocycles. The molecular weight excluding hydrogens is 506 g/mol. The molecule has 3 unspecified atom stereocenters. The number of amides is 1. The minimum atomic E-state index is -0.155. The number of carbonyl (C=O) groups excluding carboxylic acids is 1. The predicted octanol–water partition coefficient (Wildman–Crippen LogP) is 7.57. The maximum atomic E-state index is 13.1. The molecule has 3 fully saturated rings. The Hall–Kier alpha value is -2.37. The molecule has 0 radical (unpaired) electrons. The van der Waals surface area contributed by atoms with Gasteiger partial charge < -0.3 is 19.4 Å². The number of carbonyl (C=O) groups is 1. The molecule has 224 valence electrons. The van der Waals surface area contributed by atoms with Gasteiger partial charge in [0, 0.05) is 44.8 Å². The first-order chi connectivity index (χ1) is 20.1. The van der Waals surface area contributed by atoms with Crippen molar-refractivity contribution < 1.29 is 9.53 Å². The van der Waals surface area contributed by atoms with E-state index in [0.717, 1.165) is 50.4 Å². The molecule has 2 aromatic carbocycles. The van der Waals surface area contributed by atoms with Crippen molar-refractivity contribution in [1.82, 2.24) is 14.7 Å². The van der Waals surface area contributed by atoms with Crippen molar-refractivity contribution in [2.45, 2.75) is 95.7 Å². The van der Waals surface area contributed by atoms with Crippen molar-refractivity contribution in [3.8, 4) is 0 Å². The minimum Gasteiger partial charge on any atom is -0.445 e. The van der Waals surface area contributed by atoms with E-state index in [4.69, 9.17) is 4.74 Å². The van der Waals surface area contributed by atoms with Crippen LogP contribution in [0.5, 0.6) is 0 Å².